The number of anilines is 1. The minimum absolute atomic E-state index is 0.132. The third-order valence-electron chi connectivity index (χ3n) is 3.05. The Morgan fingerprint density at radius 3 is 2.94 bits per heavy atom. The summed E-state index contributed by atoms with van der Waals surface area (Å²) in [5.41, 5.74) is 0.375. The summed E-state index contributed by atoms with van der Waals surface area (Å²) in [6, 6.07) is 5.89. The standard InChI is InChI=1S/C13H13FN2OS/c1-13(5-2-6-18-13)12(17)16-11-4-3-9(8-15)7-10(11)14/h3-4,7H,2,5-6H2,1H3,(H,16,17). The van der Waals surface area contributed by atoms with Gasteiger partial charge in [-0.1, -0.05) is 0 Å². The molecule has 1 N–H and O–H groups in total. The van der Waals surface area contributed by atoms with Crippen LogP contribution in [0.5, 0.6) is 0 Å². The van der Waals surface area contributed by atoms with Crippen LogP contribution in [0.4, 0.5) is 10.1 Å². The maximum Gasteiger partial charge on any atom is 0.240 e. The molecule has 1 heterocycles. The summed E-state index contributed by atoms with van der Waals surface area (Å²) >= 11 is 1.60. The monoisotopic (exact) mass is 264 g/mol. The fourth-order valence-electron chi connectivity index (χ4n) is 1.90. The van der Waals surface area contributed by atoms with Crippen LogP contribution in [-0.4, -0.2) is 16.4 Å². The fraction of sp³-hybridized carbons (Fsp3) is 0.385. The van der Waals surface area contributed by atoms with Gasteiger partial charge in [0, 0.05) is 0 Å². The van der Waals surface area contributed by atoms with E-state index in [2.05, 4.69) is 5.32 Å². The van der Waals surface area contributed by atoms with Crippen molar-refractivity contribution in [2.24, 2.45) is 0 Å². The van der Waals surface area contributed by atoms with Gasteiger partial charge in [0.1, 0.15) is 5.82 Å². The molecule has 0 aliphatic carbocycles. The molecule has 2 rings (SSSR count). The lowest BCUT2D eigenvalue weighted by Crippen LogP contribution is -2.34. The van der Waals surface area contributed by atoms with Gasteiger partial charge < -0.3 is 5.32 Å². The third-order valence-corrected chi connectivity index (χ3v) is 4.56. The first-order valence-electron chi connectivity index (χ1n) is 5.70. The highest BCUT2D eigenvalue weighted by atomic mass is 32.2. The summed E-state index contributed by atoms with van der Waals surface area (Å²) < 4.78 is 13.2. The highest BCUT2D eigenvalue weighted by molar-refractivity contribution is 8.01. The van der Waals surface area contributed by atoms with Gasteiger partial charge in [-0.25, -0.2) is 4.39 Å². The third kappa shape index (κ3) is 2.49. The molecule has 1 aliphatic rings. The van der Waals surface area contributed by atoms with Gasteiger partial charge in [-0.3, -0.25) is 4.79 Å². The van der Waals surface area contributed by atoms with Crippen LogP contribution in [-0.2, 0) is 4.79 Å². The van der Waals surface area contributed by atoms with Crippen LogP contribution in [0.1, 0.15) is 25.3 Å². The van der Waals surface area contributed by atoms with Crippen molar-refractivity contribution in [2.45, 2.75) is 24.5 Å². The molecule has 1 unspecified atom stereocenters. The molecule has 1 aromatic rings. The van der Waals surface area contributed by atoms with Crippen molar-refractivity contribution in [3.05, 3.63) is 29.6 Å². The summed E-state index contributed by atoms with van der Waals surface area (Å²) in [5.74, 6) is 0.211. The fourth-order valence-corrected chi connectivity index (χ4v) is 3.11. The van der Waals surface area contributed by atoms with E-state index in [1.54, 1.807) is 11.8 Å². The second-order valence-corrected chi connectivity index (χ2v) is 6.04. The lowest BCUT2D eigenvalue weighted by Gasteiger charge is -2.21. The molecule has 0 saturated carbocycles. The Labute approximate surface area is 109 Å². The smallest absolute Gasteiger partial charge is 0.240 e. The number of carbonyl (C=O) groups is 1. The molecule has 0 spiro atoms. The molecule has 1 fully saturated rings. The number of nitrogens with zero attached hydrogens (tertiary/aromatic N) is 1. The Hall–Kier alpha value is -1.54. The molecule has 1 aliphatic heterocycles. The van der Waals surface area contributed by atoms with Gasteiger partial charge in [-0.05, 0) is 43.7 Å². The van der Waals surface area contributed by atoms with E-state index in [0.717, 1.165) is 24.7 Å². The second kappa shape index (κ2) is 4.99. The van der Waals surface area contributed by atoms with Gasteiger partial charge in [0.15, 0.2) is 0 Å². The van der Waals surface area contributed by atoms with Gasteiger partial charge in [0.25, 0.3) is 0 Å². The van der Waals surface area contributed by atoms with Crippen LogP contribution in [0.2, 0.25) is 0 Å². The van der Waals surface area contributed by atoms with Crippen LogP contribution in [0.15, 0.2) is 18.2 Å². The summed E-state index contributed by atoms with van der Waals surface area (Å²) in [6.45, 7) is 1.88. The minimum atomic E-state index is -0.575. The van der Waals surface area contributed by atoms with Crippen LogP contribution >= 0.6 is 11.8 Å². The first-order valence-corrected chi connectivity index (χ1v) is 6.69. The molecule has 1 aromatic carbocycles. The van der Waals surface area contributed by atoms with E-state index in [0.29, 0.717) is 0 Å². The van der Waals surface area contributed by atoms with Gasteiger partial charge in [0.05, 0.1) is 22.1 Å². The Bertz CT molecular complexity index is 518. The lowest BCUT2D eigenvalue weighted by atomic mass is 10.0. The summed E-state index contributed by atoms with van der Waals surface area (Å²) in [5, 5.41) is 11.2. The van der Waals surface area contributed by atoms with Crippen molar-refractivity contribution in [2.75, 3.05) is 11.1 Å². The Kier molecular flexibility index (Phi) is 3.58. The minimum Gasteiger partial charge on any atom is -0.322 e. The van der Waals surface area contributed by atoms with Gasteiger partial charge in [-0.15, -0.1) is 11.8 Å². The maximum absolute atomic E-state index is 13.6. The SMILES string of the molecule is CC1(C(=O)Nc2ccc(C#N)cc2F)CCCS1. The summed E-state index contributed by atoms with van der Waals surface area (Å²) in [4.78, 5) is 12.1. The van der Waals surface area contributed by atoms with Crippen LogP contribution in [0.3, 0.4) is 0 Å². The highest BCUT2D eigenvalue weighted by Gasteiger charge is 2.37. The zero-order chi connectivity index (χ0) is 13.2. The van der Waals surface area contributed by atoms with Crippen molar-refractivity contribution in [3.8, 4) is 6.07 Å². The average molecular weight is 264 g/mol. The summed E-state index contributed by atoms with van der Waals surface area (Å²) in [6.07, 6.45) is 1.81. The zero-order valence-electron chi connectivity index (χ0n) is 10.00. The number of benzene rings is 1. The highest BCUT2D eigenvalue weighted by Crippen LogP contribution is 2.38. The molecule has 3 nitrogen and oxygen atoms in total. The number of hydrogen-bond donors (Lipinski definition) is 1. The molecular formula is C13H13FN2OS. The maximum atomic E-state index is 13.6. The normalized spacial score (nSPS) is 22.5. The predicted octanol–water partition coefficient (Wildman–Crippen LogP) is 2.92. The van der Waals surface area contributed by atoms with Crippen LogP contribution in [0, 0.1) is 17.1 Å². The molecule has 1 amide bonds. The van der Waals surface area contributed by atoms with E-state index in [4.69, 9.17) is 5.26 Å². The first kappa shape index (κ1) is 12.9. The molecule has 0 bridgehead atoms. The molecule has 1 atom stereocenters. The number of nitrogens with one attached hydrogen (secondary N) is 1. The van der Waals surface area contributed by atoms with E-state index < -0.39 is 10.6 Å². The second-order valence-electron chi connectivity index (χ2n) is 4.44. The Morgan fingerprint density at radius 1 is 1.61 bits per heavy atom. The number of nitriles is 1. The molecular weight excluding hydrogens is 251 g/mol. The van der Waals surface area contributed by atoms with Crippen molar-refractivity contribution >= 4 is 23.4 Å². The topological polar surface area (TPSA) is 52.9 Å². The van der Waals surface area contributed by atoms with Crippen molar-refractivity contribution in [1.82, 2.24) is 0 Å². The first-order chi connectivity index (χ1) is 8.55. The number of amides is 1. The quantitative estimate of drug-likeness (QED) is 0.893. The number of halogens is 1. The summed E-state index contributed by atoms with van der Waals surface area (Å²) in [7, 11) is 0. The van der Waals surface area contributed by atoms with E-state index >= 15 is 0 Å². The molecule has 18 heavy (non-hydrogen) atoms. The lowest BCUT2D eigenvalue weighted by molar-refractivity contribution is -0.118. The number of carbonyl (C=O) groups excluding carboxylic acids is 1. The van der Waals surface area contributed by atoms with E-state index in [-0.39, 0.29) is 17.2 Å². The van der Waals surface area contributed by atoms with Crippen LogP contribution in [0.25, 0.3) is 0 Å². The van der Waals surface area contributed by atoms with Crippen molar-refractivity contribution in [1.29, 1.82) is 5.26 Å². The Balaban J connectivity index is 2.15. The molecule has 0 radical (unpaired) electrons. The average Bonchev–Trinajstić information content (AvgIpc) is 2.80. The molecule has 5 heteroatoms. The number of hydrogen-bond acceptors (Lipinski definition) is 3. The number of rotatable bonds is 2. The van der Waals surface area contributed by atoms with E-state index in [1.807, 2.05) is 13.0 Å². The molecule has 1 saturated heterocycles. The molecule has 0 aromatic heterocycles. The predicted molar refractivity (Wildman–Crippen MR) is 69.8 cm³/mol. The molecule has 94 valence electrons. The van der Waals surface area contributed by atoms with Crippen LogP contribution < -0.4 is 5.32 Å². The zero-order valence-corrected chi connectivity index (χ0v) is 10.8. The van der Waals surface area contributed by atoms with Crippen molar-refractivity contribution < 1.29 is 9.18 Å². The Morgan fingerprint density at radius 2 is 2.39 bits per heavy atom. The largest absolute Gasteiger partial charge is 0.322 e. The van der Waals surface area contributed by atoms with E-state index in [1.165, 1.54) is 12.1 Å². The number of thioether (sulfide) groups is 1. The van der Waals surface area contributed by atoms with E-state index in [9.17, 15) is 9.18 Å². The van der Waals surface area contributed by atoms with Gasteiger partial charge in [0.2, 0.25) is 5.91 Å². The van der Waals surface area contributed by atoms with Crippen molar-refractivity contribution in [3.63, 3.8) is 0 Å². The van der Waals surface area contributed by atoms with Gasteiger partial charge in [-0.2, -0.15) is 5.26 Å². The van der Waals surface area contributed by atoms with Gasteiger partial charge >= 0.3 is 0 Å².